The highest BCUT2D eigenvalue weighted by molar-refractivity contribution is 5.51. The Balaban J connectivity index is 2.58. The molecular weight excluding hydrogens is 178 g/mol. The number of hydrogen-bond donors (Lipinski definition) is 2. The maximum atomic E-state index is 9.71. The van der Waals surface area contributed by atoms with Gasteiger partial charge in [-0.05, 0) is 25.5 Å². The number of para-hydroxylation sites is 2. The molecule has 1 aromatic rings. The predicted molar refractivity (Wildman–Crippen MR) is 57.3 cm³/mol. The lowest BCUT2D eigenvalue weighted by molar-refractivity contribution is 0.00872. The summed E-state index contributed by atoms with van der Waals surface area (Å²) in [5.74, 6) is 0.626. The van der Waals surface area contributed by atoms with Crippen molar-refractivity contribution in [1.29, 1.82) is 0 Å². The van der Waals surface area contributed by atoms with Crippen molar-refractivity contribution in [3.63, 3.8) is 0 Å². The minimum atomic E-state index is -0.789. The molecule has 0 aliphatic carbocycles. The molecule has 0 saturated carbocycles. The first-order valence-corrected chi connectivity index (χ1v) is 4.75. The highest BCUT2D eigenvalue weighted by atomic mass is 16.5. The van der Waals surface area contributed by atoms with E-state index in [2.05, 4.69) is 0 Å². The molecule has 0 aromatic heterocycles. The van der Waals surface area contributed by atoms with Gasteiger partial charge < -0.3 is 15.6 Å². The number of aliphatic hydroxyl groups is 1. The van der Waals surface area contributed by atoms with E-state index in [0.29, 0.717) is 17.9 Å². The number of benzene rings is 1. The molecule has 0 saturated heterocycles. The molecule has 0 aliphatic rings. The minimum absolute atomic E-state index is 0.262. The molecule has 3 heteroatoms. The van der Waals surface area contributed by atoms with Crippen LogP contribution in [0.3, 0.4) is 0 Å². The molecule has 0 amide bonds. The lowest BCUT2D eigenvalue weighted by Crippen LogP contribution is -2.31. The van der Waals surface area contributed by atoms with Crippen LogP contribution >= 0.6 is 0 Å². The van der Waals surface area contributed by atoms with E-state index in [1.165, 1.54) is 0 Å². The Kier molecular flexibility index (Phi) is 3.36. The molecule has 0 radical (unpaired) electrons. The Morgan fingerprint density at radius 2 is 2.07 bits per heavy atom. The standard InChI is InChI=1S/C11H17NO2/c1-3-11(2,13)8-14-10-7-5-4-6-9(10)12/h4-7,13H,3,8,12H2,1-2H3. The molecule has 3 nitrogen and oxygen atoms in total. The summed E-state index contributed by atoms with van der Waals surface area (Å²) in [6.45, 7) is 3.92. The fraction of sp³-hybridized carbons (Fsp3) is 0.455. The zero-order chi connectivity index (χ0) is 10.6. The van der Waals surface area contributed by atoms with E-state index in [-0.39, 0.29) is 6.61 Å². The van der Waals surface area contributed by atoms with Crippen LogP contribution in [0, 0.1) is 0 Å². The molecule has 0 fully saturated rings. The molecule has 0 spiro atoms. The van der Waals surface area contributed by atoms with Crippen molar-refractivity contribution >= 4 is 5.69 Å². The molecular formula is C11H17NO2. The second-order valence-corrected chi connectivity index (χ2v) is 3.68. The summed E-state index contributed by atoms with van der Waals surface area (Å²) in [6, 6.07) is 7.27. The van der Waals surface area contributed by atoms with Crippen molar-refractivity contribution in [3.05, 3.63) is 24.3 Å². The predicted octanol–water partition coefficient (Wildman–Crippen LogP) is 1.81. The van der Waals surface area contributed by atoms with Crippen molar-refractivity contribution in [3.8, 4) is 5.75 Å². The molecule has 3 N–H and O–H groups in total. The Morgan fingerprint density at radius 1 is 1.43 bits per heavy atom. The van der Waals surface area contributed by atoms with Gasteiger partial charge in [0.25, 0.3) is 0 Å². The van der Waals surface area contributed by atoms with Gasteiger partial charge in [-0.25, -0.2) is 0 Å². The summed E-state index contributed by atoms with van der Waals surface area (Å²) in [4.78, 5) is 0. The van der Waals surface area contributed by atoms with Gasteiger partial charge in [-0.3, -0.25) is 0 Å². The van der Waals surface area contributed by atoms with Gasteiger partial charge in [-0.2, -0.15) is 0 Å². The second-order valence-electron chi connectivity index (χ2n) is 3.68. The maximum absolute atomic E-state index is 9.71. The Bertz CT molecular complexity index is 297. The highest BCUT2D eigenvalue weighted by Crippen LogP contribution is 2.21. The number of nitrogen functional groups attached to an aromatic ring is 1. The summed E-state index contributed by atoms with van der Waals surface area (Å²) in [6.07, 6.45) is 0.653. The molecule has 0 bridgehead atoms. The van der Waals surface area contributed by atoms with E-state index >= 15 is 0 Å². The third-order valence-electron chi connectivity index (χ3n) is 2.22. The lowest BCUT2D eigenvalue weighted by atomic mass is 10.1. The first kappa shape index (κ1) is 10.9. The molecule has 0 aliphatic heterocycles. The first-order valence-electron chi connectivity index (χ1n) is 4.75. The van der Waals surface area contributed by atoms with Crippen LogP contribution in [0.1, 0.15) is 20.3 Å². The van der Waals surface area contributed by atoms with Crippen LogP contribution in [0.5, 0.6) is 5.75 Å². The summed E-state index contributed by atoms with van der Waals surface area (Å²) < 4.78 is 5.42. The molecule has 78 valence electrons. The zero-order valence-corrected chi connectivity index (χ0v) is 8.66. The summed E-state index contributed by atoms with van der Waals surface area (Å²) >= 11 is 0. The highest BCUT2D eigenvalue weighted by Gasteiger charge is 2.18. The normalized spacial score (nSPS) is 14.8. The van der Waals surface area contributed by atoms with E-state index in [4.69, 9.17) is 10.5 Å². The fourth-order valence-corrected chi connectivity index (χ4v) is 0.947. The van der Waals surface area contributed by atoms with Gasteiger partial charge in [-0.1, -0.05) is 19.1 Å². The average molecular weight is 195 g/mol. The number of anilines is 1. The van der Waals surface area contributed by atoms with E-state index in [9.17, 15) is 5.11 Å². The van der Waals surface area contributed by atoms with E-state index in [1.54, 1.807) is 19.1 Å². The van der Waals surface area contributed by atoms with Gasteiger partial charge in [0.2, 0.25) is 0 Å². The van der Waals surface area contributed by atoms with Crippen LogP contribution in [-0.4, -0.2) is 17.3 Å². The molecule has 1 aromatic carbocycles. The molecule has 14 heavy (non-hydrogen) atoms. The quantitative estimate of drug-likeness (QED) is 0.720. The SMILES string of the molecule is CCC(C)(O)COc1ccccc1N. The van der Waals surface area contributed by atoms with Crippen LogP contribution in [0.15, 0.2) is 24.3 Å². The summed E-state index contributed by atoms with van der Waals surface area (Å²) in [7, 11) is 0. The van der Waals surface area contributed by atoms with Crippen molar-refractivity contribution < 1.29 is 9.84 Å². The van der Waals surface area contributed by atoms with Crippen LogP contribution in [0.2, 0.25) is 0 Å². The number of rotatable bonds is 4. The van der Waals surface area contributed by atoms with Gasteiger partial charge in [-0.15, -0.1) is 0 Å². The first-order chi connectivity index (χ1) is 6.55. The van der Waals surface area contributed by atoms with E-state index in [0.717, 1.165) is 0 Å². The van der Waals surface area contributed by atoms with Crippen molar-refractivity contribution in [2.75, 3.05) is 12.3 Å². The maximum Gasteiger partial charge on any atom is 0.142 e. The number of ether oxygens (including phenoxy) is 1. The van der Waals surface area contributed by atoms with Crippen molar-refractivity contribution in [2.45, 2.75) is 25.9 Å². The Morgan fingerprint density at radius 3 is 2.64 bits per heavy atom. The number of nitrogens with two attached hydrogens (primary N) is 1. The Hall–Kier alpha value is -1.22. The van der Waals surface area contributed by atoms with E-state index < -0.39 is 5.60 Å². The van der Waals surface area contributed by atoms with Crippen molar-refractivity contribution in [2.24, 2.45) is 0 Å². The summed E-state index contributed by atoms with van der Waals surface area (Å²) in [5, 5.41) is 9.71. The third-order valence-corrected chi connectivity index (χ3v) is 2.22. The average Bonchev–Trinajstić information content (AvgIpc) is 2.17. The molecule has 1 atom stereocenters. The topological polar surface area (TPSA) is 55.5 Å². The number of hydrogen-bond acceptors (Lipinski definition) is 3. The van der Waals surface area contributed by atoms with Gasteiger partial charge in [0.15, 0.2) is 0 Å². The van der Waals surface area contributed by atoms with E-state index in [1.807, 2.05) is 19.1 Å². The van der Waals surface area contributed by atoms with Crippen LogP contribution < -0.4 is 10.5 Å². The second kappa shape index (κ2) is 4.33. The largest absolute Gasteiger partial charge is 0.488 e. The van der Waals surface area contributed by atoms with Gasteiger partial charge in [0, 0.05) is 0 Å². The lowest BCUT2D eigenvalue weighted by Gasteiger charge is -2.21. The molecule has 1 unspecified atom stereocenters. The Labute approximate surface area is 84.5 Å². The van der Waals surface area contributed by atoms with Crippen molar-refractivity contribution in [1.82, 2.24) is 0 Å². The van der Waals surface area contributed by atoms with Gasteiger partial charge in [0.05, 0.1) is 11.3 Å². The van der Waals surface area contributed by atoms with Crippen LogP contribution in [0.25, 0.3) is 0 Å². The molecule has 1 rings (SSSR count). The smallest absolute Gasteiger partial charge is 0.142 e. The van der Waals surface area contributed by atoms with Crippen LogP contribution in [-0.2, 0) is 0 Å². The third kappa shape index (κ3) is 2.92. The fourth-order valence-electron chi connectivity index (χ4n) is 0.947. The summed E-state index contributed by atoms with van der Waals surface area (Å²) in [5.41, 5.74) is 5.49. The zero-order valence-electron chi connectivity index (χ0n) is 8.66. The van der Waals surface area contributed by atoms with Gasteiger partial charge in [0.1, 0.15) is 12.4 Å². The van der Waals surface area contributed by atoms with Crippen LogP contribution in [0.4, 0.5) is 5.69 Å². The monoisotopic (exact) mass is 195 g/mol. The molecule has 0 heterocycles. The minimum Gasteiger partial charge on any atom is -0.488 e. The van der Waals surface area contributed by atoms with Gasteiger partial charge >= 0.3 is 0 Å².